The van der Waals surface area contributed by atoms with Crippen LogP contribution in [0.3, 0.4) is 0 Å². The van der Waals surface area contributed by atoms with Gasteiger partial charge in [0.15, 0.2) is 0 Å². The standard InChI is InChI=1S/C28H41N3O5S/c1-7-24(28(33)29-21(3)4)30(20-23-17-15-22(5)16-18-23)27(32)14-11-19-31(37(6,34)35)25-12-9-10-13-26(25)36-8-2/h9-10,12-13,15-18,21,24H,7-8,11,14,19-20H2,1-6H3,(H,29,33). The molecule has 0 radical (unpaired) electrons. The average molecular weight is 532 g/mol. The lowest BCUT2D eigenvalue weighted by Crippen LogP contribution is -2.50. The number of ether oxygens (including phenoxy) is 1. The zero-order valence-corrected chi connectivity index (χ0v) is 23.7. The third-order valence-electron chi connectivity index (χ3n) is 5.88. The van der Waals surface area contributed by atoms with Crippen molar-refractivity contribution >= 4 is 27.5 Å². The summed E-state index contributed by atoms with van der Waals surface area (Å²) in [4.78, 5) is 28.1. The van der Waals surface area contributed by atoms with Gasteiger partial charge in [-0.15, -0.1) is 0 Å². The van der Waals surface area contributed by atoms with E-state index in [-0.39, 0.29) is 30.8 Å². The number of nitrogens with zero attached hydrogens (tertiary/aromatic N) is 2. The minimum atomic E-state index is -3.61. The van der Waals surface area contributed by atoms with Gasteiger partial charge in [-0.1, -0.05) is 48.9 Å². The summed E-state index contributed by atoms with van der Waals surface area (Å²) < 4.78 is 32.2. The van der Waals surface area contributed by atoms with E-state index in [2.05, 4.69) is 5.32 Å². The average Bonchev–Trinajstić information content (AvgIpc) is 2.82. The van der Waals surface area contributed by atoms with Crippen molar-refractivity contribution in [1.82, 2.24) is 10.2 Å². The summed E-state index contributed by atoms with van der Waals surface area (Å²) in [6, 6.07) is 14.2. The first-order valence-electron chi connectivity index (χ1n) is 12.8. The third kappa shape index (κ3) is 9.07. The van der Waals surface area contributed by atoms with Crippen molar-refractivity contribution in [3.05, 3.63) is 59.7 Å². The molecule has 8 nitrogen and oxygen atoms in total. The predicted molar refractivity (Wildman–Crippen MR) is 148 cm³/mol. The molecule has 0 spiro atoms. The fourth-order valence-electron chi connectivity index (χ4n) is 4.11. The summed E-state index contributed by atoms with van der Waals surface area (Å²) in [7, 11) is -3.61. The minimum absolute atomic E-state index is 0.0494. The second kappa shape index (κ2) is 14.0. The highest BCUT2D eigenvalue weighted by atomic mass is 32.2. The summed E-state index contributed by atoms with van der Waals surface area (Å²) in [5.41, 5.74) is 2.48. The molecule has 2 aromatic carbocycles. The first kappa shape index (κ1) is 30.2. The van der Waals surface area contributed by atoms with Gasteiger partial charge in [0.25, 0.3) is 0 Å². The number of hydrogen-bond acceptors (Lipinski definition) is 5. The van der Waals surface area contributed by atoms with Crippen molar-refractivity contribution in [2.45, 2.75) is 72.5 Å². The number of carbonyl (C=O) groups is 2. The predicted octanol–water partition coefficient (Wildman–Crippen LogP) is 4.27. The molecule has 2 aromatic rings. The lowest BCUT2D eigenvalue weighted by Gasteiger charge is -2.31. The molecule has 1 atom stereocenters. The number of benzene rings is 2. The number of nitrogens with one attached hydrogen (secondary N) is 1. The van der Waals surface area contributed by atoms with E-state index in [1.807, 2.05) is 58.9 Å². The van der Waals surface area contributed by atoms with Crippen LogP contribution >= 0.6 is 0 Å². The largest absolute Gasteiger partial charge is 0.492 e. The number of hydrogen-bond donors (Lipinski definition) is 1. The summed E-state index contributed by atoms with van der Waals surface area (Å²) in [5, 5.41) is 2.92. The van der Waals surface area contributed by atoms with E-state index in [0.29, 0.717) is 37.4 Å². The number of para-hydroxylation sites is 2. The van der Waals surface area contributed by atoms with E-state index in [9.17, 15) is 18.0 Å². The van der Waals surface area contributed by atoms with Crippen LogP contribution in [0.15, 0.2) is 48.5 Å². The Hall–Kier alpha value is -3.07. The van der Waals surface area contributed by atoms with Crippen molar-refractivity contribution in [2.75, 3.05) is 23.7 Å². The maximum atomic E-state index is 13.5. The monoisotopic (exact) mass is 531 g/mol. The highest BCUT2D eigenvalue weighted by molar-refractivity contribution is 7.92. The summed E-state index contributed by atoms with van der Waals surface area (Å²) in [5.74, 6) is 0.0818. The van der Waals surface area contributed by atoms with E-state index in [0.717, 1.165) is 17.4 Å². The molecule has 2 amide bonds. The third-order valence-corrected chi connectivity index (χ3v) is 7.06. The second-order valence-electron chi connectivity index (χ2n) is 9.43. The number of amides is 2. The highest BCUT2D eigenvalue weighted by Crippen LogP contribution is 2.30. The Labute approximate surface area is 222 Å². The molecule has 0 fully saturated rings. The zero-order chi connectivity index (χ0) is 27.6. The molecule has 0 saturated heterocycles. The molecule has 0 aliphatic carbocycles. The molecule has 0 aliphatic heterocycles. The Morgan fingerprint density at radius 2 is 1.68 bits per heavy atom. The van der Waals surface area contributed by atoms with Crippen LogP contribution in [0.1, 0.15) is 58.1 Å². The zero-order valence-electron chi connectivity index (χ0n) is 22.9. The molecule has 0 saturated carbocycles. The molecule has 0 bridgehead atoms. The SMILES string of the molecule is CCOc1ccccc1N(CCCC(=O)N(Cc1ccc(C)cc1)C(CC)C(=O)NC(C)C)S(C)(=O)=O. The molecule has 1 unspecified atom stereocenters. The van der Waals surface area contributed by atoms with Crippen molar-refractivity contribution in [3.63, 3.8) is 0 Å². The van der Waals surface area contributed by atoms with Crippen LogP contribution in [-0.4, -0.2) is 56.6 Å². The Morgan fingerprint density at radius 3 is 2.24 bits per heavy atom. The van der Waals surface area contributed by atoms with E-state index >= 15 is 0 Å². The van der Waals surface area contributed by atoms with Gasteiger partial charge < -0.3 is 15.0 Å². The Bertz CT molecular complexity index is 1130. The molecule has 0 aliphatic rings. The molecule has 9 heteroatoms. The normalized spacial score (nSPS) is 12.2. The van der Waals surface area contributed by atoms with Crippen LogP contribution in [0.25, 0.3) is 0 Å². The van der Waals surface area contributed by atoms with Gasteiger partial charge in [0.1, 0.15) is 11.8 Å². The lowest BCUT2D eigenvalue weighted by atomic mass is 10.1. The Kier molecular flexibility index (Phi) is 11.4. The van der Waals surface area contributed by atoms with Crippen molar-refractivity contribution in [1.29, 1.82) is 0 Å². The van der Waals surface area contributed by atoms with E-state index < -0.39 is 16.1 Å². The molecular weight excluding hydrogens is 490 g/mol. The minimum Gasteiger partial charge on any atom is -0.492 e. The first-order valence-corrected chi connectivity index (χ1v) is 14.7. The van der Waals surface area contributed by atoms with Crippen LogP contribution in [0, 0.1) is 6.92 Å². The highest BCUT2D eigenvalue weighted by Gasteiger charge is 2.29. The van der Waals surface area contributed by atoms with Crippen LogP contribution in [0.4, 0.5) is 5.69 Å². The number of rotatable bonds is 14. The van der Waals surface area contributed by atoms with E-state index in [1.165, 1.54) is 4.31 Å². The molecule has 1 N–H and O–H groups in total. The van der Waals surface area contributed by atoms with Gasteiger partial charge in [-0.3, -0.25) is 13.9 Å². The number of sulfonamides is 1. The van der Waals surface area contributed by atoms with Gasteiger partial charge in [0, 0.05) is 25.6 Å². The van der Waals surface area contributed by atoms with Gasteiger partial charge in [0.05, 0.1) is 18.6 Å². The molecule has 204 valence electrons. The van der Waals surface area contributed by atoms with Gasteiger partial charge in [-0.2, -0.15) is 0 Å². The molecule has 0 heterocycles. The van der Waals surface area contributed by atoms with Gasteiger partial charge in [-0.05, 0) is 58.2 Å². The van der Waals surface area contributed by atoms with E-state index in [4.69, 9.17) is 4.74 Å². The van der Waals surface area contributed by atoms with Gasteiger partial charge >= 0.3 is 0 Å². The summed E-state index contributed by atoms with van der Waals surface area (Å²) in [6.45, 7) is 10.3. The smallest absolute Gasteiger partial charge is 0.243 e. The number of carbonyl (C=O) groups excluding carboxylic acids is 2. The first-order chi connectivity index (χ1) is 17.5. The van der Waals surface area contributed by atoms with Crippen molar-refractivity contribution in [2.24, 2.45) is 0 Å². The Morgan fingerprint density at radius 1 is 1.03 bits per heavy atom. The lowest BCUT2D eigenvalue weighted by molar-refractivity contribution is -0.141. The van der Waals surface area contributed by atoms with Crippen LogP contribution < -0.4 is 14.4 Å². The van der Waals surface area contributed by atoms with Crippen molar-refractivity contribution in [3.8, 4) is 5.75 Å². The van der Waals surface area contributed by atoms with Crippen molar-refractivity contribution < 1.29 is 22.7 Å². The van der Waals surface area contributed by atoms with Gasteiger partial charge in [0.2, 0.25) is 21.8 Å². The fraction of sp³-hybridized carbons (Fsp3) is 0.500. The van der Waals surface area contributed by atoms with Gasteiger partial charge in [-0.25, -0.2) is 8.42 Å². The van der Waals surface area contributed by atoms with Crippen LogP contribution in [-0.2, 0) is 26.2 Å². The van der Waals surface area contributed by atoms with Crippen LogP contribution in [0.5, 0.6) is 5.75 Å². The molecule has 2 rings (SSSR count). The quantitative estimate of drug-likeness (QED) is 0.393. The number of anilines is 1. The molecule has 0 aromatic heterocycles. The molecule has 37 heavy (non-hydrogen) atoms. The fourth-order valence-corrected chi connectivity index (χ4v) is 5.08. The number of aryl methyl sites for hydroxylation is 1. The maximum absolute atomic E-state index is 13.5. The van der Waals surface area contributed by atoms with E-state index in [1.54, 1.807) is 29.2 Å². The summed E-state index contributed by atoms with van der Waals surface area (Å²) in [6.07, 6.45) is 2.00. The topological polar surface area (TPSA) is 96.0 Å². The summed E-state index contributed by atoms with van der Waals surface area (Å²) >= 11 is 0. The van der Waals surface area contributed by atoms with Crippen LogP contribution in [0.2, 0.25) is 0 Å². The second-order valence-corrected chi connectivity index (χ2v) is 11.3. The molecular formula is C28H41N3O5S. The maximum Gasteiger partial charge on any atom is 0.243 e. The Balaban J connectivity index is 2.24.